The van der Waals surface area contributed by atoms with Crippen LogP contribution in [0.1, 0.15) is 0 Å². The van der Waals surface area contributed by atoms with E-state index in [0.29, 0.717) is 0 Å². The van der Waals surface area contributed by atoms with Crippen molar-refractivity contribution in [2.24, 2.45) is 0 Å². The molecule has 0 N–H and O–H groups in total. The van der Waals surface area contributed by atoms with E-state index in [1.165, 1.54) is 60.0 Å². The van der Waals surface area contributed by atoms with E-state index in [1.54, 1.807) is 0 Å². The minimum Gasteiger partial charge on any atom is -0.456 e. The topological polar surface area (TPSA) is 29.5 Å². The second-order valence-electron chi connectivity index (χ2n) is 17.6. The van der Waals surface area contributed by atoms with Gasteiger partial charge in [0.2, 0.25) is 0 Å². The highest BCUT2D eigenvalue weighted by Gasteiger charge is 2.45. The molecule has 0 bridgehead atoms. The van der Waals surface area contributed by atoms with Gasteiger partial charge in [-0.15, -0.1) is 0 Å². The first-order chi connectivity index (χ1) is 32.8. The van der Waals surface area contributed by atoms with Crippen LogP contribution in [0.5, 0.6) is 0 Å². The number of benzene rings is 10. The van der Waals surface area contributed by atoms with Crippen LogP contribution in [0.3, 0.4) is 0 Å². The molecule has 0 unspecified atom stereocenters. The van der Waals surface area contributed by atoms with E-state index >= 15 is 0 Å². The van der Waals surface area contributed by atoms with E-state index in [4.69, 9.17) is 4.42 Å². The van der Waals surface area contributed by atoms with Gasteiger partial charge in [0.05, 0.1) is 33.1 Å². The van der Waals surface area contributed by atoms with Gasteiger partial charge in [0, 0.05) is 72.8 Å². The zero-order valence-electron chi connectivity index (χ0n) is 35.6. The van der Waals surface area contributed by atoms with Crippen LogP contribution >= 0.6 is 0 Å². The van der Waals surface area contributed by atoms with Crippen molar-refractivity contribution in [1.29, 1.82) is 0 Å². The van der Waals surface area contributed by atoms with Crippen molar-refractivity contribution in [2.75, 3.05) is 9.80 Å². The molecule has 0 saturated carbocycles. The second kappa shape index (κ2) is 13.4. The standard InChI is InChI=1S/C60H37BN4O/c1-3-17-38(18-4-1)62-53-35-40(63-49-26-12-7-21-42(49)43-22-8-13-27-50(43)63)31-33-47(53)61-48-34-32-41(64-51-28-14-9-23-44(51)45-24-10-15-29-52(45)64)36-54(48)65(39-19-5-2-6-20-39)60-58-46-25-11-16-30-56(46)66-57(58)37-55(62)59(60)61/h1-37H. The van der Waals surface area contributed by atoms with Gasteiger partial charge in [-0.25, -0.2) is 0 Å². The van der Waals surface area contributed by atoms with Gasteiger partial charge in [-0.05, 0) is 95.3 Å². The van der Waals surface area contributed by atoms with E-state index in [-0.39, 0.29) is 6.71 Å². The predicted molar refractivity (Wildman–Crippen MR) is 276 cm³/mol. The van der Waals surface area contributed by atoms with Crippen LogP contribution in [0, 0.1) is 0 Å². The number of para-hydroxylation sites is 7. The number of furan rings is 1. The zero-order chi connectivity index (χ0) is 43.0. The average Bonchev–Trinajstić information content (AvgIpc) is 4.04. The molecule has 66 heavy (non-hydrogen) atoms. The van der Waals surface area contributed by atoms with Crippen molar-refractivity contribution in [2.45, 2.75) is 0 Å². The smallest absolute Gasteiger partial charge is 0.252 e. The Morgan fingerprint density at radius 3 is 1.26 bits per heavy atom. The normalized spacial score (nSPS) is 13.1. The summed E-state index contributed by atoms with van der Waals surface area (Å²) in [6.07, 6.45) is 0. The van der Waals surface area contributed by atoms with E-state index < -0.39 is 0 Å². The van der Waals surface area contributed by atoms with Crippen LogP contribution in [0.4, 0.5) is 34.1 Å². The van der Waals surface area contributed by atoms with Gasteiger partial charge < -0.3 is 23.4 Å². The van der Waals surface area contributed by atoms with Crippen molar-refractivity contribution < 1.29 is 4.42 Å². The van der Waals surface area contributed by atoms with Crippen LogP contribution in [-0.2, 0) is 0 Å². The summed E-state index contributed by atoms with van der Waals surface area (Å²) in [6.45, 7) is -0.0996. The fourth-order valence-corrected chi connectivity index (χ4v) is 11.6. The largest absolute Gasteiger partial charge is 0.456 e. The predicted octanol–water partition coefficient (Wildman–Crippen LogP) is 13.9. The van der Waals surface area contributed by atoms with Crippen LogP contribution in [0.2, 0.25) is 0 Å². The second-order valence-corrected chi connectivity index (χ2v) is 17.6. The third-order valence-electron chi connectivity index (χ3n) is 14.2. The maximum atomic E-state index is 6.96. The summed E-state index contributed by atoms with van der Waals surface area (Å²) in [4.78, 5) is 5.00. The number of hydrogen-bond acceptors (Lipinski definition) is 3. The molecule has 2 aliphatic rings. The molecule has 2 aliphatic heterocycles. The number of rotatable bonds is 4. The molecule has 6 heteroatoms. The van der Waals surface area contributed by atoms with Crippen LogP contribution in [0.15, 0.2) is 229 Å². The maximum Gasteiger partial charge on any atom is 0.252 e. The molecular formula is C60H37BN4O. The van der Waals surface area contributed by atoms with Crippen molar-refractivity contribution >= 4 is 123 Å². The minimum atomic E-state index is -0.0996. The highest BCUT2D eigenvalue weighted by Crippen LogP contribution is 2.50. The lowest BCUT2D eigenvalue weighted by Crippen LogP contribution is -2.61. The molecule has 0 fully saturated rings. The van der Waals surface area contributed by atoms with Crippen molar-refractivity contribution in [3.63, 3.8) is 0 Å². The van der Waals surface area contributed by atoms with Crippen LogP contribution in [0.25, 0.3) is 76.9 Å². The summed E-state index contributed by atoms with van der Waals surface area (Å²) >= 11 is 0. The van der Waals surface area contributed by atoms with E-state index in [1.807, 2.05) is 0 Å². The molecule has 0 saturated heterocycles. The number of aromatic nitrogens is 2. The highest BCUT2D eigenvalue weighted by molar-refractivity contribution is 7.00. The lowest BCUT2D eigenvalue weighted by Gasteiger charge is -2.44. The average molecular weight is 841 g/mol. The quantitative estimate of drug-likeness (QED) is 0.165. The molecule has 306 valence electrons. The van der Waals surface area contributed by atoms with Gasteiger partial charge in [-0.1, -0.05) is 140 Å². The van der Waals surface area contributed by atoms with Gasteiger partial charge in [0.25, 0.3) is 6.71 Å². The first kappa shape index (κ1) is 35.7. The summed E-state index contributed by atoms with van der Waals surface area (Å²) in [6, 6.07) is 82.0. The molecular weight excluding hydrogens is 803 g/mol. The van der Waals surface area contributed by atoms with Crippen LogP contribution < -0.4 is 26.2 Å². The van der Waals surface area contributed by atoms with Gasteiger partial charge in [0.1, 0.15) is 11.2 Å². The van der Waals surface area contributed by atoms with Crippen molar-refractivity contribution in [3.8, 4) is 11.4 Å². The fourth-order valence-electron chi connectivity index (χ4n) is 11.6. The Labute approximate surface area is 380 Å². The third kappa shape index (κ3) is 4.79. The van der Waals surface area contributed by atoms with Crippen molar-refractivity contribution in [1.82, 2.24) is 9.13 Å². The Morgan fingerprint density at radius 2 is 0.742 bits per heavy atom. The van der Waals surface area contributed by atoms with E-state index in [9.17, 15) is 0 Å². The SMILES string of the molecule is c1ccc(N2c3cc(-n4c5ccccc5c5ccccc54)ccc3B3c4ccc(-n5c6ccccc6c6ccccc65)cc4N(c4ccccc4)c4c3c2cc2oc3ccccc3c42)cc1. The summed E-state index contributed by atoms with van der Waals surface area (Å²) < 4.78 is 11.8. The summed E-state index contributed by atoms with van der Waals surface area (Å²) in [5, 5.41) is 7.20. The molecule has 0 amide bonds. The molecule has 13 aromatic rings. The number of hydrogen-bond donors (Lipinski definition) is 0. The summed E-state index contributed by atoms with van der Waals surface area (Å²) in [5.41, 5.74) is 19.2. The fraction of sp³-hybridized carbons (Fsp3) is 0. The molecule has 0 atom stereocenters. The van der Waals surface area contributed by atoms with E-state index in [0.717, 1.165) is 67.4 Å². The Hall–Kier alpha value is -8.74. The van der Waals surface area contributed by atoms with Gasteiger partial charge in [0.15, 0.2) is 0 Å². The van der Waals surface area contributed by atoms with Gasteiger partial charge in [-0.2, -0.15) is 0 Å². The Balaban J connectivity index is 1.08. The number of nitrogens with zero attached hydrogens (tertiary/aromatic N) is 4. The van der Waals surface area contributed by atoms with Gasteiger partial charge >= 0.3 is 0 Å². The number of anilines is 6. The third-order valence-corrected chi connectivity index (χ3v) is 14.2. The summed E-state index contributed by atoms with van der Waals surface area (Å²) in [7, 11) is 0. The number of fused-ring (bicyclic) bond motifs is 14. The Bertz CT molecular complexity index is 4030. The summed E-state index contributed by atoms with van der Waals surface area (Å²) in [5.74, 6) is 0. The molecule has 0 spiro atoms. The molecule has 5 heterocycles. The Kier molecular flexibility index (Phi) is 7.24. The lowest BCUT2D eigenvalue weighted by molar-refractivity contribution is 0.669. The molecule has 3 aromatic heterocycles. The Morgan fingerprint density at radius 1 is 0.318 bits per heavy atom. The lowest BCUT2D eigenvalue weighted by atomic mass is 9.33. The zero-order valence-corrected chi connectivity index (χ0v) is 35.6. The molecule has 15 rings (SSSR count). The molecule has 5 nitrogen and oxygen atoms in total. The monoisotopic (exact) mass is 840 g/mol. The van der Waals surface area contributed by atoms with Crippen molar-refractivity contribution in [3.05, 3.63) is 224 Å². The molecule has 0 radical (unpaired) electrons. The molecule has 0 aliphatic carbocycles. The first-order valence-corrected chi connectivity index (χ1v) is 22.7. The molecule has 10 aromatic carbocycles. The minimum absolute atomic E-state index is 0.0996. The van der Waals surface area contributed by atoms with Crippen LogP contribution in [-0.4, -0.2) is 15.8 Å². The maximum absolute atomic E-state index is 6.96. The van der Waals surface area contributed by atoms with E-state index in [2.05, 4.69) is 243 Å². The van der Waals surface area contributed by atoms with Gasteiger partial charge in [-0.3, -0.25) is 0 Å². The highest BCUT2D eigenvalue weighted by atomic mass is 16.3. The first-order valence-electron chi connectivity index (χ1n) is 22.7.